The first-order valence-corrected chi connectivity index (χ1v) is 6.00. The van der Waals surface area contributed by atoms with Gasteiger partial charge in [0, 0.05) is 12.1 Å². The van der Waals surface area contributed by atoms with Gasteiger partial charge in [-0.25, -0.2) is 0 Å². The molecular formula is C10H17N3S. The molecule has 1 aromatic heterocycles. The van der Waals surface area contributed by atoms with Crippen LogP contribution in [-0.2, 0) is 0 Å². The van der Waals surface area contributed by atoms with E-state index in [4.69, 9.17) is 5.73 Å². The molecule has 3 nitrogen and oxygen atoms in total. The predicted molar refractivity (Wildman–Crippen MR) is 61.6 cm³/mol. The van der Waals surface area contributed by atoms with Crippen LogP contribution in [0.1, 0.15) is 32.6 Å². The summed E-state index contributed by atoms with van der Waals surface area (Å²) >= 11 is 1.46. The zero-order valence-corrected chi connectivity index (χ0v) is 9.31. The number of nitrogens with one attached hydrogen (secondary N) is 1. The third kappa shape index (κ3) is 2.38. The van der Waals surface area contributed by atoms with Gasteiger partial charge in [0.2, 0.25) is 0 Å². The standard InChI is InChI=1S/C10H17N3S/c1-7-2-4-8(5-3-7)12-10-6-9(11)13-14-10/h6-8,12H,2-5H2,1H3,(H2,11,13). The molecule has 2 rings (SSSR count). The van der Waals surface area contributed by atoms with Crippen LogP contribution in [0.3, 0.4) is 0 Å². The quantitative estimate of drug-likeness (QED) is 0.790. The highest BCUT2D eigenvalue weighted by Crippen LogP contribution is 2.27. The van der Waals surface area contributed by atoms with Crippen LogP contribution in [0.2, 0.25) is 0 Å². The molecule has 1 heterocycles. The van der Waals surface area contributed by atoms with Gasteiger partial charge in [0.15, 0.2) is 0 Å². The van der Waals surface area contributed by atoms with E-state index in [2.05, 4.69) is 16.6 Å². The van der Waals surface area contributed by atoms with Crippen molar-refractivity contribution in [1.29, 1.82) is 0 Å². The lowest BCUT2D eigenvalue weighted by Gasteiger charge is -2.26. The molecule has 0 aliphatic heterocycles. The predicted octanol–water partition coefficient (Wildman–Crippen LogP) is 2.72. The Labute approximate surface area is 88.9 Å². The van der Waals surface area contributed by atoms with E-state index in [1.165, 1.54) is 37.2 Å². The molecule has 0 spiro atoms. The maximum absolute atomic E-state index is 5.57. The molecule has 0 radical (unpaired) electrons. The smallest absolute Gasteiger partial charge is 0.139 e. The van der Waals surface area contributed by atoms with Crippen molar-refractivity contribution in [2.24, 2.45) is 5.92 Å². The number of hydrogen-bond acceptors (Lipinski definition) is 4. The number of nitrogens with zero attached hydrogens (tertiary/aromatic N) is 1. The summed E-state index contributed by atoms with van der Waals surface area (Å²) in [6.07, 6.45) is 5.23. The Morgan fingerprint density at radius 3 is 2.71 bits per heavy atom. The van der Waals surface area contributed by atoms with E-state index in [1.54, 1.807) is 0 Å². The molecular weight excluding hydrogens is 194 g/mol. The molecule has 14 heavy (non-hydrogen) atoms. The third-order valence-electron chi connectivity index (χ3n) is 2.89. The van der Waals surface area contributed by atoms with Crippen molar-refractivity contribution in [2.75, 3.05) is 11.1 Å². The van der Waals surface area contributed by atoms with Gasteiger partial charge in [0.25, 0.3) is 0 Å². The normalized spacial score (nSPS) is 27.5. The Balaban J connectivity index is 1.86. The molecule has 0 amide bonds. The lowest BCUT2D eigenvalue weighted by atomic mass is 9.87. The Bertz CT molecular complexity index is 289. The van der Waals surface area contributed by atoms with E-state index >= 15 is 0 Å². The summed E-state index contributed by atoms with van der Waals surface area (Å²) in [5, 5.41) is 4.61. The van der Waals surface area contributed by atoms with E-state index in [0.717, 1.165) is 10.9 Å². The lowest BCUT2D eigenvalue weighted by molar-refractivity contribution is 0.361. The zero-order chi connectivity index (χ0) is 9.97. The number of anilines is 2. The largest absolute Gasteiger partial charge is 0.383 e. The maximum Gasteiger partial charge on any atom is 0.139 e. The Kier molecular flexibility index (Phi) is 2.91. The average Bonchev–Trinajstić information content (AvgIpc) is 2.56. The highest BCUT2D eigenvalue weighted by Gasteiger charge is 2.18. The third-order valence-corrected chi connectivity index (χ3v) is 3.63. The van der Waals surface area contributed by atoms with E-state index in [9.17, 15) is 0 Å². The van der Waals surface area contributed by atoms with Crippen LogP contribution in [-0.4, -0.2) is 10.4 Å². The van der Waals surface area contributed by atoms with Crippen LogP contribution < -0.4 is 11.1 Å². The van der Waals surface area contributed by atoms with Crippen molar-refractivity contribution < 1.29 is 0 Å². The van der Waals surface area contributed by atoms with Crippen LogP contribution in [0.5, 0.6) is 0 Å². The van der Waals surface area contributed by atoms with Crippen molar-refractivity contribution in [3.63, 3.8) is 0 Å². The van der Waals surface area contributed by atoms with Gasteiger partial charge in [-0.15, -0.1) is 0 Å². The Morgan fingerprint density at radius 2 is 2.14 bits per heavy atom. The first kappa shape index (κ1) is 9.77. The minimum Gasteiger partial charge on any atom is -0.383 e. The van der Waals surface area contributed by atoms with Crippen LogP contribution >= 0.6 is 11.5 Å². The van der Waals surface area contributed by atoms with E-state index in [1.807, 2.05) is 6.07 Å². The molecule has 1 aliphatic carbocycles. The summed E-state index contributed by atoms with van der Waals surface area (Å²) in [5.41, 5.74) is 5.57. The van der Waals surface area contributed by atoms with Gasteiger partial charge in [-0.1, -0.05) is 6.92 Å². The molecule has 1 fully saturated rings. The summed E-state index contributed by atoms with van der Waals surface area (Å²) in [6, 6.07) is 2.55. The van der Waals surface area contributed by atoms with Gasteiger partial charge >= 0.3 is 0 Å². The summed E-state index contributed by atoms with van der Waals surface area (Å²) in [4.78, 5) is 0. The highest BCUT2D eigenvalue weighted by molar-refractivity contribution is 7.10. The first-order chi connectivity index (χ1) is 6.74. The van der Waals surface area contributed by atoms with Crippen molar-refractivity contribution in [3.05, 3.63) is 6.07 Å². The van der Waals surface area contributed by atoms with Crippen molar-refractivity contribution >= 4 is 22.4 Å². The van der Waals surface area contributed by atoms with Gasteiger partial charge in [-0.05, 0) is 43.1 Å². The van der Waals surface area contributed by atoms with Crippen LogP contribution in [0, 0.1) is 5.92 Å². The molecule has 0 aromatic carbocycles. The average molecular weight is 211 g/mol. The van der Waals surface area contributed by atoms with Gasteiger partial charge < -0.3 is 11.1 Å². The fraction of sp³-hybridized carbons (Fsp3) is 0.700. The number of aromatic nitrogens is 1. The molecule has 78 valence electrons. The molecule has 1 saturated carbocycles. The molecule has 1 aromatic rings. The molecule has 4 heteroatoms. The van der Waals surface area contributed by atoms with E-state index in [-0.39, 0.29) is 0 Å². The minimum atomic E-state index is 0.627. The monoisotopic (exact) mass is 211 g/mol. The number of rotatable bonds is 2. The Morgan fingerprint density at radius 1 is 1.43 bits per heavy atom. The van der Waals surface area contributed by atoms with Crippen LogP contribution in [0.4, 0.5) is 10.8 Å². The molecule has 3 N–H and O–H groups in total. The van der Waals surface area contributed by atoms with Gasteiger partial charge in [-0.3, -0.25) is 0 Å². The second-order valence-electron chi connectivity index (χ2n) is 4.22. The topological polar surface area (TPSA) is 50.9 Å². The Hall–Kier alpha value is -0.770. The first-order valence-electron chi connectivity index (χ1n) is 5.23. The van der Waals surface area contributed by atoms with E-state index in [0.29, 0.717) is 11.9 Å². The lowest BCUT2D eigenvalue weighted by Crippen LogP contribution is -2.24. The summed E-state index contributed by atoms with van der Waals surface area (Å²) in [5.74, 6) is 1.53. The second-order valence-corrected chi connectivity index (χ2v) is 5.02. The summed E-state index contributed by atoms with van der Waals surface area (Å²) < 4.78 is 4.05. The minimum absolute atomic E-state index is 0.627. The molecule has 0 atom stereocenters. The van der Waals surface area contributed by atoms with Crippen molar-refractivity contribution in [1.82, 2.24) is 4.37 Å². The number of hydrogen-bond donors (Lipinski definition) is 2. The molecule has 1 aliphatic rings. The molecule has 0 unspecified atom stereocenters. The molecule has 0 saturated heterocycles. The van der Waals surface area contributed by atoms with Gasteiger partial charge in [0.1, 0.15) is 10.8 Å². The number of nitrogen functional groups attached to an aromatic ring is 1. The highest BCUT2D eigenvalue weighted by atomic mass is 32.1. The van der Waals surface area contributed by atoms with Crippen molar-refractivity contribution in [2.45, 2.75) is 38.6 Å². The fourth-order valence-electron chi connectivity index (χ4n) is 1.96. The number of nitrogens with two attached hydrogens (primary N) is 1. The zero-order valence-electron chi connectivity index (χ0n) is 8.49. The maximum atomic E-state index is 5.57. The molecule has 0 bridgehead atoms. The van der Waals surface area contributed by atoms with E-state index < -0.39 is 0 Å². The SMILES string of the molecule is CC1CCC(Nc2cc(N)ns2)CC1. The second kappa shape index (κ2) is 4.17. The van der Waals surface area contributed by atoms with Crippen LogP contribution in [0.15, 0.2) is 6.07 Å². The van der Waals surface area contributed by atoms with Crippen molar-refractivity contribution in [3.8, 4) is 0 Å². The van der Waals surface area contributed by atoms with Gasteiger partial charge in [-0.2, -0.15) is 4.37 Å². The summed E-state index contributed by atoms with van der Waals surface area (Å²) in [7, 11) is 0. The summed E-state index contributed by atoms with van der Waals surface area (Å²) in [6.45, 7) is 2.33. The van der Waals surface area contributed by atoms with Crippen LogP contribution in [0.25, 0.3) is 0 Å². The fourth-order valence-corrected chi connectivity index (χ4v) is 2.61. The van der Waals surface area contributed by atoms with Gasteiger partial charge in [0.05, 0.1) is 0 Å².